The van der Waals surface area contributed by atoms with Crippen molar-refractivity contribution >= 4 is 68.0 Å². The summed E-state index contributed by atoms with van der Waals surface area (Å²) in [5.74, 6) is -2.27. The van der Waals surface area contributed by atoms with E-state index >= 15 is 0 Å². The minimum Gasteiger partial charge on any atom is -0.422 e. The molecule has 4 aromatic rings. The molecule has 7 nitrogen and oxygen atoms in total. The summed E-state index contributed by atoms with van der Waals surface area (Å²) < 4.78 is 6.44. The van der Waals surface area contributed by atoms with Gasteiger partial charge in [0.25, 0.3) is 0 Å². The van der Waals surface area contributed by atoms with Crippen LogP contribution < -0.4 is 15.5 Å². The zero-order valence-corrected chi connectivity index (χ0v) is 20.3. The molecule has 0 atom stereocenters. The third-order valence-corrected chi connectivity index (χ3v) is 5.75. The maximum Gasteiger partial charge on any atom is 0.345 e. The second-order valence-corrected chi connectivity index (χ2v) is 8.55. The van der Waals surface area contributed by atoms with E-state index in [-0.39, 0.29) is 16.3 Å². The van der Waals surface area contributed by atoms with Gasteiger partial charge in [-0.05, 0) is 53.2 Å². The average Bonchev–Trinajstić information content (AvgIpc) is 2.86. The van der Waals surface area contributed by atoms with Crippen molar-refractivity contribution in [2.24, 2.45) is 5.10 Å². The smallest absolute Gasteiger partial charge is 0.345 e. The van der Waals surface area contributed by atoms with E-state index in [0.29, 0.717) is 11.3 Å². The first kappa shape index (κ1) is 24.1. The molecule has 0 aliphatic heterocycles. The fourth-order valence-corrected chi connectivity index (χ4v) is 3.68. The standard InChI is InChI=1S/C26H17BrClN3O4/c27-17-10-12-18(13-11-17)30-24(32)25(33)31-29-15-21-19-6-2-1-5-16(19)9-14-23(21)35-26(34)20-7-3-4-8-22(20)28/h1-15H,(H,30,32)(H,31,33)/b29-15+. The lowest BCUT2D eigenvalue weighted by molar-refractivity contribution is -0.136. The second-order valence-electron chi connectivity index (χ2n) is 7.23. The van der Waals surface area contributed by atoms with Gasteiger partial charge in [0.05, 0.1) is 16.8 Å². The fourth-order valence-electron chi connectivity index (χ4n) is 3.21. The zero-order chi connectivity index (χ0) is 24.8. The molecule has 0 aromatic heterocycles. The third kappa shape index (κ3) is 5.92. The van der Waals surface area contributed by atoms with Gasteiger partial charge in [-0.1, -0.05) is 70.0 Å². The lowest BCUT2D eigenvalue weighted by Crippen LogP contribution is -2.32. The van der Waals surface area contributed by atoms with Crippen LogP contribution >= 0.6 is 27.5 Å². The molecular formula is C26H17BrClN3O4. The molecule has 35 heavy (non-hydrogen) atoms. The minimum absolute atomic E-state index is 0.211. The second kappa shape index (κ2) is 10.9. The molecule has 0 fully saturated rings. The van der Waals surface area contributed by atoms with E-state index in [9.17, 15) is 14.4 Å². The number of nitrogens with zero attached hydrogens (tertiary/aromatic N) is 1. The Labute approximate surface area is 213 Å². The van der Waals surface area contributed by atoms with E-state index < -0.39 is 17.8 Å². The molecule has 0 bridgehead atoms. The van der Waals surface area contributed by atoms with Gasteiger partial charge in [0.1, 0.15) is 5.75 Å². The van der Waals surface area contributed by atoms with Crippen molar-refractivity contribution in [3.8, 4) is 5.75 Å². The molecule has 4 aromatic carbocycles. The van der Waals surface area contributed by atoms with Crippen molar-refractivity contribution in [3.05, 3.63) is 106 Å². The summed E-state index contributed by atoms with van der Waals surface area (Å²) in [4.78, 5) is 37.1. The van der Waals surface area contributed by atoms with Crippen LogP contribution in [0, 0.1) is 0 Å². The van der Waals surface area contributed by atoms with Crippen LogP contribution in [0.3, 0.4) is 0 Å². The van der Waals surface area contributed by atoms with Crippen LogP contribution in [0.4, 0.5) is 5.69 Å². The van der Waals surface area contributed by atoms with Crippen molar-refractivity contribution in [2.45, 2.75) is 0 Å². The molecule has 0 radical (unpaired) electrons. The predicted octanol–water partition coefficient (Wildman–Crippen LogP) is 5.56. The lowest BCUT2D eigenvalue weighted by Gasteiger charge is -2.11. The van der Waals surface area contributed by atoms with Gasteiger partial charge in [-0.25, -0.2) is 10.2 Å². The molecular weight excluding hydrogens is 534 g/mol. The fraction of sp³-hybridized carbons (Fsp3) is 0. The number of hydrazone groups is 1. The normalized spacial score (nSPS) is 10.8. The molecule has 9 heteroatoms. The molecule has 0 aliphatic carbocycles. The molecule has 0 saturated heterocycles. The number of fused-ring (bicyclic) bond motifs is 1. The molecule has 174 valence electrons. The number of benzene rings is 4. The number of halogens is 2. The number of hydrogen-bond donors (Lipinski definition) is 2. The quantitative estimate of drug-likeness (QED) is 0.112. The van der Waals surface area contributed by atoms with Gasteiger partial charge in [0.15, 0.2) is 0 Å². The summed E-state index contributed by atoms with van der Waals surface area (Å²) in [5, 5.41) is 8.26. The summed E-state index contributed by atoms with van der Waals surface area (Å²) in [5.41, 5.74) is 3.31. The van der Waals surface area contributed by atoms with Gasteiger partial charge >= 0.3 is 17.8 Å². The topological polar surface area (TPSA) is 96.9 Å². The average molecular weight is 551 g/mol. The number of nitrogens with one attached hydrogen (secondary N) is 2. The van der Waals surface area contributed by atoms with E-state index in [0.717, 1.165) is 15.2 Å². The first-order valence-corrected chi connectivity index (χ1v) is 11.5. The highest BCUT2D eigenvalue weighted by Gasteiger charge is 2.16. The van der Waals surface area contributed by atoms with Crippen molar-refractivity contribution < 1.29 is 19.1 Å². The Kier molecular flexibility index (Phi) is 7.54. The number of ether oxygens (including phenoxy) is 1. The summed E-state index contributed by atoms with van der Waals surface area (Å²) in [7, 11) is 0. The van der Waals surface area contributed by atoms with Crippen LogP contribution in [-0.4, -0.2) is 24.0 Å². The van der Waals surface area contributed by atoms with Gasteiger partial charge < -0.3 is 10.1 Å². The first-order chi connectivity index (χ1) is 16.9. The number of amides is 2. The number of carbonyl (C=O) groups is 3. The molecule has 2 N–H and O–H groups in total. The van der Waals surface area contributed by atoms with Crippen LogP contribution in [-0.2, 0) is 9.59 Å². The van der Waals surface area contributed by atoms with Gasteiger partial charge in [-0.2, -0.15) is 5.10 Å². The Morgan fingerprint density at radius 2 is 1.57 bits per heavy atom. The van der Waals surface area contributed by atoms with Gasteiger partial charge in [0.2, 0.25) is 0 Å². The van der Waals surface area contributed by atoms with Crippen LogP contribution in [0.2, 0.25) is 5.02 Å². The SMILES string of the molecule is O=C(N/N=C/c1c(OC(=O)c2ccccc2Cl)ccc2ccccc12)C(=O)Nc1ccc(Br)cc1. The predicted molar refractivity (Wildman–Crippen MR) is 139 cm³/mol. The van der Waals surface area contributed by atoms with Crippen molar-refractivity contribution in [1.82, 2.24) is 5.43 Å². The largest absolute Gasteiger partial charge is 0.422 e. The van der Waals surface area contributed by atoms with Crippen molar-refractivity contribution in [3.63, 3.8) is 0 Å². The summed E-state index contributed by atoms with van der Waals surface area (Å²) in [6.45, 7) is 0. The van der Waals surface area contributed by atoms with E-state index in [2.05, 4.69) is 31.8 Å². The van der Waals surface area contributed by atoms with E-state index in [1.165, 1.54) is 6.21 Å². The first-order valence-electron chi connectivity index (χ1n) is 10.3. The number of rotatable bonds is 5. The maximum absolute atomic E-state index is 12.7. The maximum atomic E-state index is 12.7. The molecule has 0 heterocycles. The highest BCUT2D eigenvalue weighted by molar-refractivity contribution is 9.10. The van der Waals surface area contributed by atoms with Crippen LogP contribution in [0.1, 0.15) is 15.9 Å². The number of anilines is 1. The van der Waals surface area contributed by atoms with Gasteiger partial charge in [-0.3, -0.25) is 9.59 Å². The molecule has 0 aliphatic rings. The Balaban J connectivity index is 1.54. The number of hydrogen-bond acceptors (Lipinski definition) is 5. The molecule has 4 rings (SSSR count). The Morgan fingerprint density at radius 3 is 2.34 bits per heavy atom. The Hall–Kier alpha value is -4.01. The Bertz CT molecular complexity index is 1450. The zero-order valence-electron chi connectivity index (χ0n) is 18.0. The minimum atomic E-state index is -0.959. The molecule has 0 saturated carbocycles. The molecule has 0 spiro atoms. The van der Waals surface area contributed by atoms with E-state index in [4.69, 9.17) is 16.3 Å². The number of esters is 1. The van der Waals surface area contributed by atoms with Crippen LogP contribution in [0.25, 0.3) is 10.8 Å². The molecule has 0 unspecified atom stereocenters. The summed E-state index contributed by atoms with van der Waals surface area (Å²) >= 11 is 9.42. The van der Waals surface area contributed by atoms with Crippen LogP contribution in [0.15, 0.2) is 94.5 Å². The van der Waals surface area contributed by atoms with E-state index in [1.54, 1.807) is 60.7 Å². The van der Waals surface area contributed by atoms with E-state index in [1.807, 2.05) is 24.3 Å². The summed E-state index contributed by atoms with van der Waals surface area (Å²) in [6.07, 6.45) is 1.32. The summed E-state index contributed by atoms with van der Waals surface area (Å²) in [6, 6.07) is 24.1. The monoisotopic (exact) mass is 549 g/mol. The van der Waals surface area contributed by atoms with Crippen LogP contribution in [0.5, 0.6) is 5.75 Å². The molecule has 2 amide bonds. The lowest BCUT2D eigenvalue weighted by atomic mass is 10.0. The Morgan fingerprint density at radius 1 is 0.857 bits per heavy atom. The van der Waals surface area contributed by atoms with Gasteiger partial charge in [0, 0.05) is 15.7 Å². The highest BCUT2D eigenvalue weighted by atomic mass is 79.9. The highest BCUT2D eigenvalue weighted by Crippen LogP contribution is 2.28. The third-order valence-electron chi connectivity index (χ3n) is 4.90. The van der Waals surface area contributed by atoms with Crippen molar-refractivity contribution in [2.75, 3.05) is 5.32 Å². The van der Waals surface area contributed by atoms with Gasteiger partial charge in [-0.15, -0.1) is 0 Å². The number of carbonyl (C=O) groups excluding carboxylic acids is 3. The van der Waals surface area contributed by atoms with Crippen molar-refractivity contribution in [1.29, 1.82) is 0 Å².